The van der Waals surface area contributed by atoms with Crippen LogP contribution in [0.3, 0.4) is 0 Å². The van der Waals surface area contributed by atoms with E-state index in [9.17, 15) is 4.39 Å². The number of thioether (sulfide) groups is 1. The third kappa shape index (κ3) is 4.14. The molecule has 2 aromatic carbocycles. The van der Waals surface area contributed by atoms with Crippen LogP contribution in [0, 0.1) is 5.82 Å². The number of para-hydroxylation sites is 1. The molecule has 1 N–H and O–H groups in total. The lowest BCUT2D eigenvalue weighted by molar-refractivity contribution is 0.120. The van der Waals surface area contributed by atoms with E-state index in [1.165, 1.54) is 17.8 Å². The molecule has 4 rings (SSSR count). The van der Waals surface area contributed by atoms with Gasteiger partial charge in [-0.05, 0) is 42.7 Å². The van der Waals surface area contributed by atoms with Gasteiger partial charge in [-0.25, -0.2) is 14.4 Å². The molecule has 134 valence electrons. The maximum Gasteiger partial charge on any atom is 0.190 e. The Morgan fingerprint density at radius 3 is 2.92 bits per heavy atom. The van der Waals surface area contributed by atoms with Crippen molar-refractivity contribution in [3.8, 4) is 0 Å². The number of ether oxygens (including phenoxy) is 1. The van der Waals surface area contributed by atoms with E-state index in [2.05, 4.69) is 10.3 Å². The Kier molecular flexibility index (Phi) is 5.32. The van der Waals surface area contributed by atoms with Gasteiger partial charge in [-0.15, -0.1) is 0 Å². The zero-order valence-electron chi connectivity index (χ0n) is 14.3. The van der Waals surface area contributed by atoms with E-state index in [4.69, 9.17) is 9.72 Å². The number of nitrogens with one attached hydrogen (secondary N) is 1. The molecule has 0 radical (unpaired) electrons. The molecule has 6 heteroatoms. The molecule has 0 spiro atoms. The summed E-state index contributed by atoms with van der Waals surface area (Å²) >= 11 is 1.51. The van der Waals surface area contributed by atoms with E-state index < -0.39 is 0 Å². The largest absolute Gasteiger partial charge is 0.376 e. The summed E-state index contributed by atoms with van der Waals surface area (Å²) in [6, 6.07) is 14.6. The van der Waals surface area contributed by atoms with Gasteiger partial charge in [0.25, 0.3) is 0 Å². The van der Waals surface area contributed by atoms with Crippen molar-refractivity contribution in [1.82, 2.24) is 9.97 Å². The van der Waals surface area contributed by atoms with Crippen LogP contribution in [0.5, 0.6) is 0 Å². The van der Waals surface area contributed by atoms with Gasteiger partial charge >= 0.3 is 0 Å². The first kappa shape index (κ1) is 17.2. The topological polar surface area (TPSA) is 47.0 Å². The minimum Gasteiger partial charge on any atom is -0.376 e. The SMILES string of the molecule is Fc1cccc(CSc2nc(NC[C@H]3CCCO3)c3ccccc3n2)c1. The molecule has 1 saturated heterocycles. The summed E-state index contributed by atoms with van der Waals surface area (Å²) in [6.45, 7) is 1.58. The first-order chi connectivity index (χ1) is 12.8. The predicted molar refractivity (Wildman–Crippen MR) is 103 cm³/mol. The maximum atomic E-state index is 13.4. The molecule has 0 unspecified atom stereocenters. The maximum absolute atomic E-state index is 13.4. The molecule has 0 amide bonds. The molecule has 1 aliphatic heterocycles. The van der Waals surface area contributed by atoms with Crippen LogP contribution in [-0.2, 0) is 10.5 Å². The standard InChI is InChI=1S/C20H20FN3OS/c21-15-6-3-5-14(11-15)13-26-20-23-18-9-2-1-8-17(18)19(24-20)22-12-16-7-4-10-25-16/h1-3,5-6,8-9,11,16H,4,7,10,12-13H2,(H,22,23,24)/t16-/m1/s1. The second-order valence-corrected chi connectivity index (χ2v) is 7.25. The zero-order chi connectivity index (χ0) is 17.8. The van der Waals surface area contributed by atoms with Crippen molar-refractivity contribution in [3.63, 3.8) is 0 Å². The Bertz CT molecular complexity index is 899. The van der Waals surface area contributed by atoms with Crippen LogP contribution in [0.1, 0.15) is 18.4 Å². The Morgan fingerprint density at radius 1 is 1.15 bits per heavy atom. The number of fused-ring (bicyclic) bond motifs is 1. The Hall–Kier alpha value is -2.18. The van der Waals surface area contributed by atoms with Crippen LogP contribution in [0.2, 0.25) is 0 Å². The lowest BCUT2D eigenvalue weighted by atomic mass is 10.2. The van der Waals surface area contributed by atoms with E-state index in [0.29, 0.717) is 10.9 Å². The Morgan fingerprint density at radius 2 is 2.08 bits per heavy atom. The smallest absolute Gasteiger partial charge is 0.190 e. The van der Waals surface area contributed by atoms with E-state index in [0.717, 1.165) is 48.3 Å². The van der Waals surface area contributed by atoms with E-state index in [1.54, 1.807) is 12.1 Å². The molecule has 1 atom stereocenters. The van der Waals surface area contributed by atoms with Gasteiger partial charge in [0.2, 0.25) is 0 Å². The van der Waals surface area contributed by atoms with Gasteiger partial charge in [0, 0.05) is 24.3 Å². The van der Waals surface area contributed by atoms with Gasteiger partial charge in [-0.1, -0.05) is 36.0 Å². The summed E-state index contributed by atoms with van der Waals surface area (Å²) in [7, 11) is 0. The van der Waals surface area contributed by atoms with Crippen molar-refractivity contribution in [2.45, 2.75) is 29.9 Å². The average Bonchev–Trinajstić information content (AvgIpc) is 3.18. The number of nitrogens with zero attached hydrogens (tertiary/aromatic N) is 2. The van der Waals surface area contributed by atoms with Crippen molar-refractivity contribution in [2.75, 3.05) is 18.5 Å². The van der Waals surface area contributed by atoms with Gasteiger partial charge in [0.15, 0.2) is 5.16 Å². The predicted octanol–water partition coefficient (Wildman–Crippen LogP) is 4.65. The van der Waals surface area contributed by atoms with E-state index in [-0.39, 0.29) is 11.9 Å². The van der Waals surface area contributed by atoms with E-state index in [1.807, 2.05) is 30.3 Å². The number of halogens is 1. The number of hydrogen-bond acceptors (Lipinski definition) is 5. The molecule has 3 aromatic rings. The van der Waals surface area contributed by atoms with Gasteiger partial charge in [-0.2, -0.15) is 0 Å². The van der Waals surface area contributed by atoms with E-state index >= 15 is 0 Å². The molecule has 0 aliphatic carbocycles. The fraction of sp³-hybridized carbons (Fsp3) is 0.300. The van der Waals surface area contributed by atoms with Crippen LogP contribution in [0.4, 0.5) is 10.2 Å². The fourth-order valence-corrected chi connectivity index (χ4v) is 3.84. The molecule has 1 aliphatic rings. The number of aromatic nitrogens is 2. The second kappa shape index (κ2) is 8.01. The summed E-state index contributed by atoms with van der Waals surface area (Å²) in [6.07, 6.45) is 2.44. The van der Waals surface area contributed by atoms with Gasteiger partial charge in [-0.3, -0.25) is 0 Å². The molecular weight excluding hydrogens is 349 g/mol. The minimum absolute atomic E-state index is 0.221. The monoisotopic (exact) mass is 369 g/mol. The molecule has 26 heavy (non-hydrogen) atoms. The molecule has 1 fully saturated rings. The normalized spacial score (nSPS) is 16.9. The number of hydrogen-bond donors (Lipinski definition) is 1. The molecule has 0 bridgehead atoms. The van der Waals surface area contributed by atoms with Crippen molar-refractivity contribution >= 4 is 28.5 Å². The van der Waals surface area contributed by atoms with Crippen LogP contribution < -0.4 is 5.32 Å². The number of rotatable bonds is 6. The number of benzene rings is 2. The summed E-state index contributed by atoms with van der Waals surface area (Å²) in [4.78, 5) is 9.33. The van der Waals surface area contributed by atoms with Gasteiger partial charge in [0.1, 0.15) is 11.6 Å². The van der Waals surface area contributed by atoms with Crippen molar-refractivity contribution in [2.24, 2.45) is 0 Å². The van der Waals surface area contributed by atoms with Crippen molar-refractivity contribution < 1.29 is 9.13 Å². The third-order valence-electron chi connectivity index (χ3n) is 4.36. The summed E-state index contributed by atoms with van der Waals surface area (Å²) < 4.78 is 19.0. The highest BCUT2D eigenvalue weighted by Gasteiger charge is 2.16. The quantitative estimate of drug-likeness (QED) is 0.506. The lowest BCUT2D eigenvalue weighted by Crippen LogP contribution is -2.19. The van der Waals surface area contributed by atoms with Crippen molar-refractivity contribution in [3.05, 3.63) is 59.9 Å². The lowest BCUT2D eigenvalue weighted by Gasteiger charge is -2.14. The minimum atomic E-state index is -0.221. The van der Waals surface area contributed by atoms with Crippen LogP contribution >= 0.6 is 11.8 Å². The Balaban J connectivity index is 1.54. The second-order valence-electron chi connectivity index (χ2n) is 6.31. The summed E-state index contributed by atoms with van der Waals surface area (Å²) in [5, 5.41) is 5.11. The summed E-state index contributed by atoms with van der Waals surface area (Å²) in [5.41, 5.74) is 1.82. The molecule has 2 heterocycles. The van der Waals surface area contributed by atoms with Crippen molar-refractivity contribution in [1.29, 1.82) is 0 Å². The first-order valence-corrected chi connectivity index (χ1v) is 9.76. The average molecular weight is 369 g/mol. The van der Waals surface area contributed by atoms with Crippen LogP contribution in [-0.4, -0.2) is 29.2 Å². The van der Waals surface area contributed by atoms with Crippen LogP contribution in [0.15, 0.2) is 53.7 Å². The summed E-state index contributed by atoms with van der Waals surface area (Å²) in [5.74, 6) is 1.23. The fourth-order valence-electron chi connectivity index (χ4n) is 3.05. The van der Waals surface area contributed by atoms with Gasteiger partial charge < -0.3 is 10.1 Å². The molecule has 1 aromatic heterocycles. The highest BCUT2D eigenvalue weighted by Crippen LogP contribution is 2.27. The zero-order valence-corrected chi connectivity index (χ0v) is 15.1. The molecule has 0 saturated carbocycles. The highest BCUT2D eigenvalue weighted by atomic mass is 32.2. The van der Waals surface area contributed by atoms with Gasteiger partial charge in [0.05, 0.1) is 11.6 Å². The first-order valence-electron chi connectivity index (χ1n) is 8.77. The van der Waals surface area contributed by atoms with Crippen LogP contribution in [0.25, 0.3) is 10.9 Å². The number of anilines is 1. The molecular formula is C20H20FN3OS. The Labute approximate surface area is 156 Å². The third-order valence-corrected chi connectivity index (χ3v) is 5.28. The highest BCUT2D eigenvalue weighted by molar-refractivity contribution is 7.98. The molecule has 4 nitrogen and oxygen atoms in total.